The minimum Gasteiger partial charge on any atom is -0.492 e. The van der Waals surface area contributed by atoms with E-state index in [4.69, 9.17) is 9.84 Å². The van der Waals surface area contributed by atoms with Gasteiger partial charge >= 0.3 is 0 Å². The third-order valence-corrected chi connectivity index (χ3v) is 2.47. The number of carbonyl (C=O) groups is 1. The summed E-state index contributed by atoms with van der Waals surface area (Å²) in [5.41, 5.74) is 2.25. The molecule has 1 N–H and O–H groups in total. The second-order valence-corrected chi connectivity index (χ2v) is 3.43. The summed E-state index contributed by atoms with van der Waals surface area (Å²) in [6.45, 7) is 2.21. The third kappa shape index (κ3) is 1.30. The van der Waals surface area contributed by atoms with Crippen LogP contribution in [0.25, 0.3) is 0 Å². The predicted octanol–water partition coefficient (Wildman–Crippen LogP) is 1.45. The highest BCUT2D eigenvalue weighted by molar-refractivity contribution is 6.01. The summed E-state index contributed by atoms with van der Waals surface area (Å²) in [5, 5.41) is 9.08. The van der Waals surface area contributed by atoms with Gasteiger partial charge in [-0.15, -0.1) is 0 Å². The molecule has 1 aromatic carbocycles. The monoisotopic (exact) mass is 192 g/mol. The number of aryl methyl sites for hydroxylation is 1. The number of hydrogen-bond donors (Lipinski definition) is 1. The molecule has 14 heavy (non-hydrogen) atoms. The summed E-state index contributed by atoms with van der Waals surface area (Å²) in [6.07, 6.45) is 0.433. The van der Waals surface area contributed by atoms with E-state index in [1.165, 1.54) is 0 Å². The Morgan fingerprint density at radius 1 is 1.50 bits per heavy atom. The van der Waals surface area contributed by atoms with E-state index in [9.17, 15) is 4.79 Å². The number of aliphatic hydroxyl groups is 1. The Hall–Kier alpha value is -1.35. The van der Waals surface area contributed by atoms with E-state index in [0.29, 0.717) is 29.9 Å². The molecule has 1 aliphatic heterocycles. The van der Waals surface area contributed by atoms with Crippen molar-refractivity contribution in [1.82, 2.24) is 0 Å². The van der Waals surface area contributed by atoms with Gasteiger partial charge in [0.2, 0.25) is 0 Å². The first-order valence-corrected chi connectivity index (χ1v) is 4.63. The minimum atomic E-state index is -0.0874. The quantitative estimate of drug-likeness (QED) is 0.732. The van der Waals surface area contributed by atoms with Crippen molar-refractivity contribution in [2.75, 3.05) is 6.61 Å². The maximum atomic E-state index is 11.6. The molecule has 0 bridgehead atoms. The van der Waals surface area contributed by atoms with E-state index < -0.39 is 0 Å². The Bertz CT molecular complexity index is 382. The molecule has 0 atom stereocenters. The molecule has 0 aromatic heterocycles. The number of Topliss-reactive ketones (excluding diaryl/α,β-unsaturated/α-hetero) is 1. The fraction of sp³-hybridized carbons (Fsp3) is 0.364. The molecule has 0 fully saturated rings. The van der Waals surface area contributed by atoms with E-state index in [1.807, 2.05) is 13.0 Å². The highest BCUT2D eigenvalue weighted by Gasteiger charge is 2.22. The number of carbonyl (C=O) groups excluding carboxylic acids is 1. The second kappa shape index (κ2) is 3.42. The molecule has 1 aliphatic rings. The van der Waals surface area contributed by atoms with Crippen molar-refractivity contribution in [3.63, 3.8) is 0 Å². The summed E-state index contributed by atoms with van der Waals surface area (Å²) in [5.74, 6) is 0.683. The molecule has 0 radical (unpaired) electrons. The lowest BCUT2D eigenvalue weighted by Crippen LogP contribution is -2.18. The maximum absolute atomic E-state index is 11.6. The average molecular weight is 192 g/mol. The summed E-state index contributed by atoms with van der Waals surface area (Å²) in [4.78, 5) is 11.6. The van der Waals surface area contributed by atoms with Crippen molar-refractivity contribution in [3.8, 4) is 5.75 Å². The van der Waals surface area contributed by atoms with Gasteiger partial charge in [0.1, 0.15) is 5.75 Å². The predicted molar refractivity (Wildman–Crippen MR) is 51.5 cm³/mol. The topological polar surface area (TPSA) is 46.5 Å². The van der Waals surface area contributed by atoms with Crippen molar-refractivity contribution < 1.29 is 14.6 Å². The Morgan fingerprint density at radius 3 is 3.00 bits per heavy atom. The Morgan fingerprint density at radius 2 is 2.29 bits per heavy atom. The summed E-state index contributed by atoms with van der Waals surface area (Å²) in [7, 11) is 0. The SMILES string of the molecule is Cc1ccc(CO)c2c1C(=O)CCO2. The van der Waals surface area contributed by atoms with Gasteiger partial charge in [0.15, 0.2) is 5.78 Å². The van der Waals surface area contributed by atoms with Crippen LogP contribution in [0, 0.1) is 6.92 Å². The van der Waals surface area contributed by atoms with Crippen molar-refractivity contribution >= 4 is 5.78 Å². The van der Waals surface area contributed by atoms with E-state index in [-0.39, 0.29) is 12.4 Å². The molecule has 1 aromatic rings. The van der Waals surface area contributed by atoms with Gasteiger partial charge in [-0.25, -0.2) is 0 Å². The first-order chi connectivity index (χ1) is 6.74. The van der Waals surface area contributed by atoms with Gasteiger partial charge in [-0.1, -0.05) is 12.1 Å². The van der Waals surface area contributed by atoms with Crippen molar-refractivity contribution in [2.45, 2.75) is 20.0 Å². The molecule has 0 amide bonds. The number of aliphatic hydroxyl groups excluding tert-OH is 1. The van der Waals surface area contributed by atoms with E-state index in [1.54, 1.807) is 6.07 Å². The average Bonchev–Trinajstić information content (AvgIpc) is 2.18. The molecule has 3 heteroatoms. The van der Waals surface area contributed by atoms with E-state index in [0.717, 1.165) is 5.56 Å². The summed E-state index contributed by atoms with van der Waals surface area (Å²) < 4.78 is 5.42. The first-order valence-electron chi connectivity index (χ1n) is 4.63. The Labute approximate surface area is 82.3 Å². The molecule has 0 aliphatic carbocycles. The van der Waals surface area contributed by atoms with Gasteiger partial charge in [0.05, 0.1) is 18.8 Å². The third-order valence-electron chi connectivity index (χ3n) is 2.47. The number of rotatable bonds is 1. The Balaban J connectivity index is 2.63. The number of ketones is 1. The first kappa shape index (κ1) is 9.21. The zero-order valence-corrected chi connectivity index (χ0v) is 8.04. The maximum Gasteiger partial charge on any atom is 0.170 e. The van der Waals surface area contributed by atoms with Crippen LogP contribution in [0.5, 0.6) is 5.75 Å². The van der Waals surface area contributed by atoms with Crippen LogP contribution in [0.1, 0.15) is 27.9 Å². The summed E-state index contributed by atoms with van der Waals surface area (Å²) >= 11 is 0. The molecule has 1 heterocycles. The summed E-state index contributed by atoms with van der Waals surface area (Å²) in [6, 6.07) is 3.64. The molecular weight excluding hydrogens is 180 g/mol. The molecule has 0 saturated heterocycles. The fourth-order valence-electron chi connectivity index (χ4n) is 1.73. The highest BCUT2D eigenvalue weighted by Crippen LogP contribution is 2.31. The van der Waals surface area contributed by atoms with Gasteiger partial charge < -0.3 is 9.84 Å². The lowest BCUT2D eigenvalue weighted by molar-refractivity contribution is 0.0930. The fourth-order valence-corrected chi connectivity index (χ4v) is 1.73. The number of hydrogen-bond acceptors (Lipinski definition) is 3. The molecule has 2 rings (SSSR count). The standard InChI is InChI=1S/C11H12O3/c1-7-2-3-8(6-12)11-10(7)9(13)4-5-14-11/h2-3,12H,4-6H2,1H3. The van der Waals surface area contributed by atoms with Crippen molar-refractivity contribution in [1.29, 1.82) is 0 Å². The zero-order valence-electron chi connectivity index (χ0n) is 8.04. The van der Waals surface area contributed by atoms with Crippen LogP contribution >= 0.6 is 0 Å². The van der Waals surface area contributed by atoms with Gasteiger partial charge in [-0.3, -0.25) is 4.79 Å². The zero-order chi connectivity index (χ0) is 10.1. The number of fused-ring (bicyclic) bond motifs is 1. The van der Waals surface area contributed by atoms with Crippen LogP contribution in [0.3, 0.4) is 0 Å². The van der Waals surface area contributed by atoms with Crippen LogP contribution in [0.15, 0.2) is 12.1 Å². The second-order valence-electron chi connectivity index (χ2n) is 3.43. The lowest BCUT2D eigenvalue weighted by Gasteiger charge is -2.20. The largest absolute Gasteiger partial charge is 0.492 e. The number of ether oxygens (including phenoxy) is 1. The molecule has 74 valence electrons. The van der Waals surface area contributed by atoms with Crippen LogP contribution in [-0.4, -0.2) is 17.5 Å². The lowest BCUT2D eigenvalue weighted by atomic mass is 9.96. The van der Waals surface area contributed by atoms with E-state index >= 15 is 0 Å². The van der Waals surface area contributed by atoms with Gasteiger partial charge in [0.25, 0.3) is 0 Å². The van der Waals surface area contributed by atoms with Crippen molar-refractivity contribution in [2.24, 2.45) is 0 Å². The van der Waals surface area contributed by atoms with E-state index in [2.05, 4.69) is 0 Å². The molecule has 0 unspecified atom stereocenters. The van der Waals surface area contributed by atoms with Crippen LogP contribution in [-0.2, 0) is 6.61 Å². The van der Waals surface area contributed by atoms with Crippen LogP contribution in [0.2, 0.25) is 0 Å². The van der Waals surface area contributed by atoms with Crippen LogP contribution < -0.4 is 4.74 Å². The molecule has 0 saturated carbocycles. The Kier molecular flexibility index (Phi) is 2.25. The van der Waals surface area contributed by atoms with Crippen molar-refractivity contribution in [3.05, 3.63) is 28.8 Å². The smallest absolute Gasteiger partial charge is 0.170 e. The van der Waals surface area contributed by atoms with Gasteiger partial charge in [-0.2, -0.15) is 0 Å². The van der Waals surface area contributed by atoms with Gasteiger partial charge in [-0.05, 0) is 12.5 Å². The highest BCUT2D eigenvalue weighted by atomic mass is 16.5. The minimum absolute atomic E-state index is 0.0874. The molecule has 0 spiro atoms. The van der Waals surface area contributed by atoms with Gasteiger partial charge in [0, 0.05) is 12.0 Å². The van der Waals surface area contributed by atoms with Crippen LogP contribution in [0.4, 0.5) is 0 Å². The normalized spacial score (nSPS) is 14.9. The molecular formula is C11H12O3. The number of benzene rings is 1. The molecule has 3 nitrogen and oxygen atoms in total.